The molecular weight excluding hydrogens is 246 g/mol. The van der Waals surface area contributed by atoms with Crippen molar-refractivity contribution < 1.29 is 4.74 Å². The number of hydrogen-bond donors (Lipinski definition) is 1. The van der Waals surface area contributed by atoms with E-state index in [9.17, 15) is 0 Å². The lowest BCUT2D eigenvalue weighted by atomic mass is 10.2. The molecule has 2 aromatic heterocycles. The number of aryl methyl sites for hydroxylation is 1. The second-order valence-corrected chi connectivity index (χ2v) is 5.34. The highest BCUT2D eigenvalue weighted by Crippen LogP contribution is 2.33. The minimum absolute atomic E-state index is 0.353. The SMILES string of the molecule is COC1CCC(n2c(=S)[nH]c3ccc(C)nc32)C1. The summed E-state index contributed by atoms with van der Waals surface area (Å²) in [4.78, 5) is 7.85. The van der Waals surface area contributed by atoms with Crippen molar-refractivity contribution in [3.63, 3.8) is 0 Å². The lowest BCUT2D eigenvalue weighted by Crippen LogP contribution is -2.09. The lowest BCUT2D eigenvalue weighted by molar-refractivity contribution is 0.106. The molecule has 0 amide bonds. The van der Waals surface area contributed by atoms with Gasteiger partial charge in [-0.15, -0.1) is 0 Å². The summed E-state index contributed by atoms with van der Waals surface area (Å²) in [6, 6.07) is 4.46. The third-order valence-electron chi connectivity index (χ3n) is 3.76. The highest BCUT2D eigenvalue weighted by molar-refractivity contribution is 7.71. The summed E-state index contributed by atoms with van der Waals surface area (Å²) in [7, 11) is 1.78. The number of imidazole rings is 1. The number of ether oxygens (including phenoxy) is 1. The molecule has 0 aliphatic heterocycles. The smallest absolute Gasteiger partial charge is 0.179 e. The van der Waals surface area contributed by atoms with Crippen molar-refractivity contribution in [2.75, 3.05) is 7.11 Å². The molecule has 2 aromatic rings. The van der Waals surface area contributed by atoms with Crippen LogP contribution in [0.2, 0.25) is 0 Å². The molecule has 18 heavy (non-hydrogen) atoms. The first-order valence-electron chi connectivity index (χ1n) is 6.29. The molecule has 4 nitrogen and oxygen atoms in total. The molecule has 0 spiro atoms. The van der Waals surface area contributed by atoms with Crippen LogP contribution in [0.4, 0.5) is 0 Å². The summed E-state index contributed by atoms with van der Waals surface area (Å²) in [5, 5.41) is 0. The van der Waals surface area contributed by atoms with Crippen LogP contribution in [-0.4, -0.2) is 27.7 Å². The van der Waals surface area contributed by atoms with Crippen molar-refractivity contribution in [2.24, 2.45) is 0 Å². The predicted octanol–water partition coefficient (Wildman–Crippen LogP) is 3.14. The van der Waals surface area contributed by atoms with E-state index in [1.54, 1.807) is 7.11 Å². The van der Waals surface area contributed by atoms with E-state index >= 15 is 0 Å². The molecule has 1 saturated carbocycles. The summed E-state index contributed by atoms with van der Waals surface area (Å²) < 4.78 is 8.37. The second kappa shape index (κ2) is 4.48. The minimum Gasteiger partial charge on any atom is -0.381 e. The van der Waals surface area contributed by atoms with Gasteiger partial charge in [0.25, 0.3) is 0 Å². The standard InChI is InChI=1S/C13H17N3OS/c1-8-3-6-11-12(14-8)16(13(18)15-11)9-4-5-10(7-9)17-2/h3,6,9-10H,4-5,7H2,1-2H3,(H,15,18). The quantitative estimate of drug-likeness (QED) is 0.846. The van der Waals surface area contributed by atoms with Crippen LogP contribution in [0.25, 0.3) is 11.2 Å². The second-order valence-electron chi connectivity index (χ2n) is 4.95. The zero-order valence-electron chi connectivity index (χ0n) is 10.6. The molecule has 0 bridgehead atoms. The fraction of sp³-hybridized carbons (Fsp3) is 0.538. The van der Waals surface area contributed by atoms with Gasteiger partial charge < -0.3 is 9.72 Å². The van der Waals surface area contributed by atoms with Crippen LogP contribution in [0.15, 0.2) is 12.1 Å². The number of pyridine rings is 1. The summed E-state index contributed by atoms with van der Waals surface area (Å²) in [5.74, 6) is 0. The maximum absolute atomic E-state index is 5.44. The Morgan fingerprint density at radius 3 is 3.00 bits per heavy atom. The minimum atomic E-state index is 0.353. The average Bonchev–Trinajstić information content (AvgIpc) is 2.92. The maximum atomic E-state index is 5.44. The van der Waals surface area contributed by atoms with Gasteiger partial charge in [-0.25, -0.2) is 4.98 Å². The first-order valence-corrected chi connectivity index (χ1v) is 6.70. The number of nitrogens with one attached hydrogen (secondary N) is 1. The predicted molar refractivity (Wildman–Crippen MR) is 73.3 cm³/mol. The van der Waals surface area contributed by atoms with E-state index in [1.165, 1.54) is 0 Å². The third-order valence-corrected chi connectivity index (χ3v) is 4.06. The largest absolute Gasteiger partial charge is 0.381 e. The van der Waals surface area contributed by atoms with Gasteiger partial charge >= 0.3 is 0 Å². The third kappa shape index (κ3) is 1.87. The molecule has 1 fully saturated rings. The van der Waals surface area contributed by atoms with E-state index in [-0.39, 0.29) is 0 Å². The molecule has 2 heterocycles. The van der Waals surface area contributed by atoms with Gasteiger partial charge in [0, 0.05) is 18.8 Å². The summed E-state index contributed by atoms with van der Waals surface area (Å²) in [6.45, 7) is 2.01. The maximum Gasteiger partial charge on any atom is 0.179 e. The Kier molecular flexibility index (Phi) is 2.95. The molecule has 1 aliphatic rings. The van der Waals surface area contributed by atoms with Gasteiger partial charge in [0.15, 0.2) is 10.4 Å². The molecule has 0 saturated heterocycles. The van der Waals surface area contributed by atoms with Gasteiger partial charge in [0.1, 0.15) is 0 Å². The molecule has 3 rings (SSSR count). The zero-order chi connectivity index (χ0) is 12.7. The van der Waals surface area contributed by atoms with E-state index in [2.05, 4.69) is 14.5 Å². The van der Waals surface area contributed by atoms with E-state index in [0.717, 1.165) is 40.9 Å². The molecule has 2 atom stereocenters. The van der Waals surface area contributed by atoms with Crippen LogP contribution in [0.1, 0.15) is 31.0 Å². The normalized spacial score (nSPS) is 23.9. The van der Waals surface area contributed by atoms with Crippen molar-refractivity contribution in [1.29, 1.82) is 0 Å². The molecular formula is C13H17N3OS. The summed E-state index contributed by atoms with van der Waals surface area (Å²) in [5.41, 5.74) is 3.01. The van der Waals surface area contributed by atoms with E-state index in [0.29, 0.717) is 12.1 Å². The Hall–Kier alpha value is -1.20. The number of hydrogen-bond acceptors (Lipinski definition) is 3. The summed E-state index contributed by atoms with van der Waals surface area (Å²) >= 11 is 5.43. The number of aromatic nitrogens is 3. The average molecular weight is 263 g/mol. The van der Waals surface area contributed by atoms with Crippen LogP contribution < -0.4 is 0 Å². The van der Waals surface area contributed by atoms with Crippen LogP contribution >= 0.6 is 12.2 Å². The van der Waals surface area contributed by atoms with Crippen molar-refractivity contribution in [3.8, 4) is 0 Å². The van der Waals surface area contributed by atoms with Crippen molar-refractivity contribution >= 4 is 23.4 Å². The Bertz CT molecular complexity index is 631. The highest BCUT2D eigenvalue weighted by Gasteiger charge is 2.27. The molecule has 2 unspecified atom stereocenters. The molecule has 0 radical (unpaired) electrons. The first kappa shape index (κ1) is 11.9. The Balaban J connectivity index is 2.08. The molecule has 96 valence electrons. The van der Waals surface area contributed by atoms with Crippen LogP contribution in [0, 0.1) is 11.7 Å². The monoisotopic (exact) mass is 263 g/mol. The van der Waals surface area contributed by atoms with E-state index in [1.807, 2.05) is 19.1 Å². The van der Waals surface area contributed by atoms with Crippen molar-refractivity contribution in [1.82, 2.24) is 14.5 Å². The van der Waals surface area contributed by atoms with Gasteiger partial charge in [-0.3, -0.25) is 4.57 Å². The van der Waals surface area contributed by atoms with Gasteiger partial charge in [0.05, 0.1) is 11.6 Å². The number of nitrogens with zero attached hydrogens (tertiary/aromatic N) is 2. The fourth-order valence-electron chi connectivity index (χ4n) is 2.80. The lowest BCUT2D eigenvalue weighted by Gasteiger charge is -2.13. The topological polar surface area (TPSA) is 42.8 Å². The number of aromatic amines is 1. The van der Waals surface area contributed by atoms with Gasteiger partial charge in [-0.05, 0) is 50.5 Å². The Morgan fingerprint density at radius 1 is 1.44 bits per heavy atom. The Morgan fingerprint density at radius 2 is 2.28 bits per heavy atom. The highest BCUT2D eigenvalue weighted by atomic mass is 32.1. The molecule has 1 N–H and O–H groups in total. The van der Waals surface area contributed by atoms with Gasteiger partial charge in [0.2, 0.25) is 0 Å². The van der Waals surface area contributed by atoms with Crippen LogP contribution in [0.3, 0.4) is 0 Å². The Labute approximate surface area is 111 Å². The number of rotatable bonds is 2. The number of fused-ring (bicyclic) bond motifs is 1. The van der Waals surface area contributed by atoms with E-state index < -0.39 is 0 Å². The zero-order valence-corrected chi connectivity index (χ0v) is 11.5. The van der Waals surface area contributed by atoms with Gasteiger partial charge in [-0.2, -0.15) is 0 Å². The molecule has 0 aromatic carbocycles. The van der Waals surface area contributed by atoms with Crippen molar-refractivity contribution in [3.05, 3.63) is 22.6 Å². The fourth-order valence-corrected chi connectivity index (χ4v) is 3.15. The number of methoxy groups -OCH3 is 1. The number of H-pyrrole nitrogens is 1. The van der Waals surface area contributed by atoms with E-state index in [4.69, 9.17) is 17.0 Å². The summed E-state index contributed by atoms with van der Waals surface area (Å²) in [6.07, 6.45) is 3.58. The molecule has 1 aliphatic carbocycles. The first-order chi connectivity index (χ1) is 8.69. The van der Waals surface area contributed by atoms with Crippen LogP contribution in [0.5, 0.6) is 0 Å². The van der Waals surface area contributed by atoms with Crippen LogP contribution in [-0.2, 0) is 4.74 Å². The van der Waals surface area contributed by atoms with Crippen molar-refractivity contribution in [2.45, 2.75) is 38.3 Å². The molecule has 5 heteroatoms. The van der Waals surface area contributed by atoms with Gasteiger partial charge in [-0.1, -0.05) is 0 Å².